The highest BCUT2D eigenvalue weighted by Gasteiger charge is 2.37. The smallest absolute Gasteiger partial charge is 0.377 e. The number of hydrogen-bond donors (Lipinski definition) is 2. The quantitative estimate of drug-likeness (QED) is 0.690. The van der Waals surface area contributed by atoms with Gasteiger partial charge in [-0.3, -0.25) is 0 Å². The highest BCUT2D eigenvalue weighted by molar-refractivity contribution is 5.82. The van der Waals surface area contributed by atoms with Crippen molar-refractivity contribution in [2.45, 2.75) is 5.92 Å². The van der Waals surface area contributed by atoms with Crippen molar-refractivity contribution in [2.24, 2.45) is 5.73 Å². The first kappa shape index (κ1) is 9.52. The van der Waals surface area contributed by atoms with Gasteiger partial charge in [-0.05, 0) is 5.16 Å². The van der Waals surface area contributed by atoms with Crippen LogP contribution in [0.4, 0.5) is 8.78 Å². The third kappa shape index (κ3) is 1.78. The Morgan fingerprint density at radius 3 is 2.69 bits per heavy atom. The fraction of sp³-hybridized carbons (Fsp3) is 0.400. The van der Waals surface area contributed by atoms with E-state index in [0.717, 1.165) is 0 Å². The van der Waals surface area contributed by atoms with E-state index >= 15 is 0 Å². The Labute approximate surface area is 70.3 Å². The Balaban J connectivity index is 2.98. The normalized spacial score (nSPS) is 11.6. The molecule has 0 saturated heterocycles. The van der Waals surface area contributed by atoms with E-state index in [1.54, 1.807) is 0 Å². The molecule has 8 heteroatoms. The number of nitrogens with two attached hydrogens (primary N) is 1. The lowest BCUT2D eigenvalue weighted by Crippen LogP contribution is -2.25. The summed E-state index contributed by atoms with van der Waals surface area (Å²) in [7, 11) is 0. The van der Waals surface area contributed by atoms with Gasteiger partial charge in [-0.1, -0.05) is 0 Å². The lowest BCUT2D eigenvalue weighted by molar-refractivity contribution is -0.0260. The van der Waals surface area contributed by atoms with E-state index in [2.05, 4.69) is 14.7 Å². The number of carboxylic acids is 1. The van der Waals surface area contributed by atoms with Crippen LogP contribution in [0.5, 0.6) is 0 Å². The first-order valence-corrected chi connectivity index (χ1v) is 3.13. The van der Waals surface area contributed by atoms with Gasteiger partial charge in [-0.25, -0.2) is 4.79 Å². The molecule has 0 saturated carbocycles. The molecule has 0 unspecified atom stereocenters. The summed E-state index contributed by atoms with van der Waals surface area (Å²) < 4.78 is 29.3. The van der Waals surface area contributed by atoms with Gasteiger partial charge in [0.15, 0.2) is 0 Å². The van der Waals surface area contributed by atoms with E-state index < -0.39 is 30.2 Å². The molecule has 0 spiro atoms. The molecule has 0 atom stereocenters. The van der Waals surface area contributed by atoms with Gasteiger partial charge in [-0.2, -0.15) is 13.8 Å². The molecule has 0 aromatic carbocycles. The summed E-state index contributed by atoms with van der Waals surface area (Å²) >= 11 is 0. The van der Waals surface area contributed by atoms with E-state index in [0.29, 0.717) is 0 Å². The van der Waals surface area contributed by atoms with Crippen LogP contribution in [0.3, 0.4) is 0 Å². The second-order valence-electron chi connectivity index (χ2n) is 2.14. The Morgan fingerprint density at radius 1 is 1.69 bits per heavy atom. The van der Waals surface area contributed by atoms with Crippen LogP contribution in [-0.2, 0) is 5.92 Å². The molecule has 6 nitrogen and oxygen atoms in total. The summed E-state index contributed by atoms with van der Waals surface area (Å²) in [6, 6.07) is 0. The minimum Gasteiger partial charge on any atom is -0.475 e. The minimum absolute atomic E-state index is 0.817. The number of aromatic carboxylic acids is 1. The zero-order valence-electron chi connectivity index (χ0n) is 6.20. The number of nitrogens with zero attached hydrogens (tertiary/aromatic N) is 2. The van der Waals surface area contributed by atoms with Crippen molar-refractivity contribution >= 4 is 5.97 Å². The number of hydrogen-bond acceptors (Lipinski definition) is 5. The first-order valence-electron chi connectivity index (χ1n) is 3.13. The van der Waals surface area contributed by atoms with Crippen LogP contribution in [0.2, 0.25) is 0 Å². The van der Waals surface area contributed by atoms with Gasteiger partial charge in [0.25, 0.3) is 11.7 Å². The molecule has 0 aliphatic carbocycles. The largest absolute Gasteiger partial charge is 0.475 e. The number of alkyl halides is 2. The average Bonchev–Trinajstić information content (AvgIpc) is 2.52. The van der Waals surface area contributed by atoms with Crippen LogP contribution >= 0.6 is 0 Å². The number of carboxylic acid groups (broad SMARTS) is 1. The van der Waals surface area contributed by atoms with Crippen molar-refractivity contribution in [3.05, 3.63) is 11.7 Å². The number of carbonyl (C=O) groups is 1. The molecule has 72 valence electrons. The zero-order valence-corrected chi connectivity index (χ0v) is 6.20. The highest BCUT2D eigenvalue weighted by Crippen LogP contribution is 2.24. The Morgan fingerprint density at radius 2 is 2.31 bits per heavy atom. The predicted molar refractivity (Wildman–Crippen MR) is 34.2 cm³/mol. The summed E-state index contributed by atoms with van der Waals surface area (Å²) in [5.74, 6) is -6.93. The van der Waals surface area contributed by atoms with Gasteiger partial charge in [0.05, 0.1) is 6.54 Å². The van der Waals surface area contributed by atoms with Crippen LogP contribution in [-0.4, -0.2) is 27.8 Å². The van der Waals surface area contributed by atoms with Crippen molar-refractivity contribution in [3.8, 4) is 0 Å². The zero-order chi connectivity index (χ0) is 10.1. The third-order valence-electron chi connectivity index (χ3n) is 1.19. The molecule has 1 heterocycles. The van der Waals surface area contributed by atoms with Gasteiger partial charge in [0.2, 0.25) is 0 Å². The second kappa shape index (κ2) is 3.05. The van der Waals surface area contributed by atoms with Crippen molar-refractivity contribution < 1.29 is 23.2 Å². The van der Waals surface area contributed by atoms with Gasteiger partial charge in [0, 0.05) is 0 Å². The number of aromatic nitrogens is 2. The van der Waals surface area contributed by atoms with E-state index in [4.69, 9.17) is 10.8 Å². The maximum Gasteiger partial charge on any atom is 0.377 e. The van der Waals surface area contributed by atoms with Gasteiger partial charge >= 0.3 is 11.9 Å². The van der Waals surface area contributed by atoms with Gasteiger partial charge in [-0.15, -0.1) is 0 Å². The molecule has 0 fully saturated rings. The van der Waals surface area contributed by atoms with Gasteiger partial charge in [0.1, 0.15) is 0 Å². The Hall–Kier alpha value is -1.57. The lowest BCUT2D eigenvalue weighted by atomic mass is 10.3. The second-order valence-corrected chi connectivity index (χ2v) is 2.14. The first-order chi connectivity index (χ1) is 5.97. The Bertz CT molecular complexity index is 325. The molecule has 1 aromatic rings. The maximum atomic E-state index is 12.6. The maximum absolute atomic E-state index is 12.6. The van der Waals surface area contributed by atoms with Crippen molar-refractivity contribution in [1.82, 2.24) is 10.1 Å². The predicted octanol–water partition coefficient (Wildman–Crippen LogP) is -0.182. The van der Waals surface area contributed by atoms with E-state index in [9.17, 15) is 13.6 Å². The fourth-order valence-electron chi connectivity index (χ4n) is 0.546. The SMILES string of the molecule is NCC(F)(F)c1nc(C(=O)O)no1. The van der Waals surface area contributed by atoms with E-state index in [1.165, 1.54) is 0 Å². The lowest BCUT2D eigenvalue weighted by Gasteiger charge is -2.05. The Kier molecular flexibility index (Phi) is 2.24. The molecule has 1 rings (SSSR count). The van der Waals surface area contributed by atoms with Crippen LogP contribution in [0.15, 0.2) is 4.52 Å². The van der Waals surface area contributed by atoms with E-state index in [1.807, 2.05) is 0 Å². The molecule has 0 aliphatic heterocycles. The van der Waals surface area contributed by atoms with Crippen molar-refractivity contribution in [1.29, 1.82) is 0 Å². The number of rotatable bonds is 3. The monoisotopic (exact) mass is 193 g/mol. The topological polar surface area (TPSA) is 102 Å². The molecule has 0 radical (unpaired) electrons. The van der Waals surface area contributed by atoms with Crippen LogP contribution < -0.4 is 5.73 Å². The molecule has 0 amide bonds. The molecule has 13 heavy (non-hydrogen) atoms. The van der Waals surface area contributed by atoms with E-state index in [-0.39, 0.29) is 0 Å². The summed E-state index contributed by atoms with van der Waals surface area (Å²) in [5, 5.41) is 11.1. The van der Waals surface area contributed by atoms with Crippen molar-refractivity contribution in [2.75, 3.05) is 6.54 Å². The number of halogens is 2. The standard InChI is InChI=1S/C5H5F2N3O3/c6-5(7,1-8)4-9-2(3(11)12)10-13-4/h1,8H2,(H,11,12). The highest BCUT2D eigenvalue weighted by atomic mass is 19.3. The van der Waals surface area contributed by atoms with Crippen LogP contribution in [0, 0.1) is 0 Å². The fourth-order valence-corrected chi connectivity index (χ4v) is 0.546. The summed E-state index contributed by atoms with van der Waals surface area (Å²) in [6.45, 7) is -1.02. The molecular weight excluding hydrogens is 188 g/mol. The third-order valence-corrected chi connectivity index (χ3v) is 1.19. The summed E-state index contributed by atoms with van der Waals surface area (Å²) in [6.07, 6.45) is 0. The molecular formula is C5H5F2N3O3. The molecule has 0 bridgehead atoms. The molecule has 0 aliphatic rings. The van der Waals surface area contributed by atoms with Crippen molar-refractivity contribution in [3.63, 3.8) is 0 Å². The summed E-state index contributed by atoms with van der Waals surface area (Å²) in [5.41, 5.74) is 4.70. The minimum atomic E-state index is -3.49. The van der Waals surface area contributed by atoms with Crippen LogP contribution in [0.1, 0.15) is 16.5 Å². The molecule has 3 N–H and O–H groups in total. The summed E-state index contributed by atoms with van der Waals surface area (Å²) in [4.78, 5) is 13.1. The van der Waals surface area contributed by atoms with Crippen LogP contribution in [0.25, 0.3) is 0 Å². The van der Waals surface area contributed by atoms with Gasteiger partial charge < -0.3 is 15.4 Å². The average molecular weight is 193 g/mol. The molecule has 1 aromatic heterocycles.